The van der Waals surface area contributed by atoms with Crippen LogP contribution in [-0.4, -0.2) is 7.11 Å². The molecule has 0 atom stereocenters. The van der Waals surface area contributed by atoms with Crippen LogP contribution in [0.3, 0.4) is 0 Å². The zero-order valence-corrected chi connectivity index (χ0v) is 12.7. The molecule has 112 valence electrons. The van der Waals surface area contributed by atoms with Crippen molar-refractivity contribution in [3.8, 4) is 5.75 Å². The van der Waals surface area contributed by atoms with Crippen LogP contribution in [0.15, 0.2) is 42.5 Å². The van der Waals surface area contributed by atoms with Crippen LogP contribution in [0.25, 0.3) is 0 Å². The quantitative estimate of drug-likeness (QED) is 0.790. The van der Waals surface area contributed by atoms with E-state index in [9.17, 15) is 4.39 Å². The van der Waals surface area contributed by atoms with E-state index in [1.54, 1.807) is 12.1 Å². The Morgan fingerprint density at radius 3 is 2.48 bits per heavy atom. The van der Waals surface area contributed by atoms with Gasteiger partial charge in [0.25, 0.3) is 0 Å². The summed E-state index contributed by atoms with van der Waals surface area (Å²) in [5, 5.41) is 3.24. The lowest BCUT2D eigenvalue weighted by atomic mass is 10.1. The molecule has 2 rings (SSSR count). The fraction of sp³-hybridized carbons (Fsp3) is 0.333. The monoisotopic (exact) mass is 287 g/mol. The third-order valence-electron chi connectivity index (χ3n) is 3.52. The van der Waals surface area contributed by atoms with Gasteiger partial charge >= 0.3 is 0 Å². The summed E-state index contributed by atoms with van der Waals surface area (Å²) < 4.78 is 18.8. The lowest BCUT2D eigenvalue weighted by Crippen LogP contribution is -2.02. The molecule has 0 unspecified atom stereocenters. The highest BCUT2D eigenvalue weighted by molar-refractivity contribution is 5.45. The van der Waals surface area contributed by atoms with Crippen molar-refractivity contribution < 1.29 is 9.13 Å². The molecule has 2 nitrogen and oxygen atoms in total. The number of rotatable bonds is 7. The van der Waals surface area contributed by atoms with Crippen molar-refractivity contribution in [3.63, 3.8) is 0 Å². The zero-order chi connectivity index (χ0) is 15.1. The van der Waals surface area contributed by atoms with Crippen LogP contribution in [0, 0.1) is 5.82 Å². The maximum Gasteiger partial charge on any atom is 0.131 e. The predicted octanol–water partition coefficient (Wildman–Crippen LogP) is 4.79. The first kappa shape index (κ1) is 15.4. The molecule has 0 aromatic heterocycles. The van der Waals surface area contributed by atoms with E-state index < -0.39 is 0 Å². The third-order valence-corrected chi connectivity index (χ3v) is 3.52. The maximum absolute atomic E-state index is 13.8. The normalized spacial score (nSPS) is 10.4. The van der Waals surface area contributed by atoms with Crippen molar-refractivity contribution in [2.75, 3.05) is 12.4 Å². The van der Waals surface area contributed by atoms with Gasteiger partial charge in [-0.15, -0.1) is 0 Å². The van der Waals surface area contributed by atoms with Gasteiger partial charge < -0.3 is 10.1 Å². The second kappa shape index (κ2) is 7.67. The number of methoxy groups -OCH3 is 1. The summed E-state index contributed by atoms with van der Waals surface area (Å²) in [6.07, 6.45) is 3.53. The fourth-order valence-electron chi connectivity index (χ4n) is 2.17. The Bertz CT molecular complexity index is 566. The molecule has 0 fully saturated rings. The Kier molecular flexibility index (Phi) is 5.61. The topological polar surface area (TPSA) is 21.3 Å². The molecule has 1 N–H and O–H groups in total. The first-order chi connectivity index (χ1) is 10.2. The van der Waals surface area contributed by atoms with Crippen LogP contribution in [0.5, 0.6) is 5.75 Å². The number of benzene rings is 2. The first-order valence-corrected chi connectivity index (χ1v) is 7.38. The maximum atomic E-state index is 13.8. The molecule has 0 bridgehead atoms. The molecule has 0 radical (unpaired) electrons. The van der Waals surface area contributed by atoms with Crippen LogP contribution in [0.1, 0.15) is 30.9 Å². The Morgan fingerprint density at radius 2 is 1.86 bits per heavy atom. The Labute approximate surface area is 126 Å². The highest BCUT2D eigenvalue weighted by Gasteiger charge is 2.04. The largest absolute Gasteiger partial charge is 0.497 e. The molecule has 0 spiro atoms. The third kappa shape index (κ3) is 4.48. The first-order valence-electron chi connectivity index (χ1n) is 7.38. The number of nitrogens with one attached hydrogen (secondary N) is 1. The molecular weight excluding hydrogens is 265 g/mol. The second-order valence-electron chi connectivity index (χ2n) is 5.11. The molecule has 3 heteroatoms. The van der Waals surface area contributed by atoms with Crippen molar-refractivity contribution in [2.45, 2.75) is 32.7 Å². The van der Waals surface area contributed by atoms with Gasteiger partial charge in [0.1, 0.15) is 11.6 Å². The molecule has 0 aliphatic carbocycles. The molecule has 21 heavy (non-hydrogen) atoms. The van der Waals surface area contributed by atoms with Gasteiger partial charge in [0, 0.05) is 23.9 Å². The van der Waals surface area contributed by atoms with E-state index in [1.165, 1.54) is 31.6 Å². The number of unbranched alkanes of at least 4 members (excludes halogenated alkanes) is 1. The minimum absolute atomic E-state index is 0.249. The van der Waals surface area contributed by atoms with Gasteiger partial charge in [-0.1, -0.05) is 31.5 Å². The van der Waals surface area contributed by atoms with Crippen LogP contribution < -0.4 is 10.1 Å². The van der Waals surface area contributed by atoms with Crippen molar-refractivity contribution in [1.82, 2.24) is 0 Å². The summed E-state index contributed by atoms with van der Waals surface area (Å²) in [7, 11) is 1.53. The van der Waals surface area contributed by atoms with Gasteiger partial charge in [0.15, 0.2) is 0 Å². The standard InChI is InChI=1S/C18H22FNO/c1-3-4-5-14-6-9-16(10-7-14)20-13-15-8-11-17(21-2)12-18(15)19/h6-12,20H,3-5,13H2,1-2H3. The van der Waals surface area contributed by atoms with E-state index in [-0.39, 0.29) is 5.82 Å². The van der Waals surface area contributed by atoms with Crippen LogP contribution in [0.4, 0.5) is 10.1 Å². The average molecular weight is 287 g/mol. The summed E-state index contributed by atoms with van der Waals surface area (Å²) in [6, 6.07) is 13.3. The smallest absolute Gasteiger partial charge is 0.131 e. The van der Waals surface area contributed by atoms with Crippen LogP contribution in [-0.2, 0) is 13.0 Å². The highest BCUT2D eigenvalue weighted by Crippen LogP contribution is 2.18. The average Bonchev–Trinajstić information content (AvgIpc) is 2.52. The summed E-state index contributed by atoms with van der Waals surface area (Å²) in [5.74, 6) is 0.290. The minimum Gasteiger partial charge on any atom is -0.497 e. The lowest BCUT2D eigenvalue weighted by Gasteiger charge is -2.09. The second-order valence-corrected chi connectivity index (χ2v) is 5.11. The number of hydrogen-bond donors (Lipinski definition) is 1. The zero-order valence-electron chi connectivity index (χ0n) is 12.7. The summed E-state index contributed by atoms with van der Waals surface area (Å²) in [6.45, 7) is 2.66. The van der Waals surface area contributed by atoms with E-state index in [1.807, 2.05) is 12.1 Å². The minimum atomic E-state index is -0.249. The summed E-state index contributed by atoms with van der Waals surface area (Å²) in [5.41, 5.74) is 2.98. The van der Waals surface area contributed by atoms with Crippen molar-refractivity contribution >= 4 is 5.69 Å². The van der Waals surface area contributed by atoms with E-state index in [0.29, 0.717) is 17.9 Å². The highest BCUT2D eigenvalue weighted by atomic mass is 19.1. The fourth-order valence-corrected chi connectivity index (χ4v) is 2.17. The summed E-state index contributed by atoms with van der Waals surface area (Å²) in [4.78, 5) is 0. The van der Waals surface area contributed by atoms with Crippen LogP contribution in [0.2, 0.25) is 0 Å². The number of hydrogen-bond acceptors (Lipinski definition) is 2. The number of ether oxygens (including phenoxy) is 1. The van der Waals surface area contributed by atoms with Gasteiger partial charge in [0.2, 0.25) is 0 Å². The molecule has 0 heterocycles. The molecule has 2 aromatic carbocycles. The van der Waals surface area contributed by atoms with Gasteiger partial charge in [-0.3, -0.25) is 0 Å². The summed E-state index contributed by atoms with van der Waals surface area (Å²) >= 11 is 0. The number of halogens is 1. The van der Waals surface area contributed by atoms with E-state index in [4.69, 9.17) is 4.74 Å². The molecule has 0 aliphatic heterocycles. The van der Waals surface area contributed by atoms with Gasteiger partial charge in [0.05, 0.1) is 7.11 Å². The molecule has 0 aliphatic rings. The van der Waals surface area contributed by atoms with E-state index >= 15 is 0 Å². The van der Waals surface area contributed by atoms with Gasteiger partial charge in [-0.25, -0.2) is 4.39 Å². The Morgan fingerprint density at radius 1 is 1.10 bits per heavy atom. The molecule has 0 saturated heterocycles. The van der Waals surface area contributed by atoms with Gasteiger partial charge in [-0.2, -0.15) is 0 Å². The van der Waals surface area contributed by atoms with Crippen molar-refractivity contribution in [3.05, 3.63) is 59.4 Å². The number of aryl methyl sites for hydroxylation is 1. The molecular formula is C18H22FNO. The number of anilines is 1. The Hall–Kier alpha value is -2.03. The lowest BCUT2D eigenvalue weighted by molar-refractivity contribution is 0.411. The Balaban J connectivity index is 1.93. The predicted molar refractivity (Wildman–Crippen MR) is 85.3 cm³/mol. The molecule has 0 amide bonds. The van der Waals surface area contributed by atoms with Crippen LogP contribution >= 0.6 is 0 Å². The van der Waals surface area contributed by atoms with Crippen molar-refractivity contribution in [2.24, 2.45) is 0 Å². The SMILES string of the molecule is CCCCc1ccc(NCc2ccc(OC)cc2F)cc1. The van der Waals surface area contributed by atoms with Gasteiger partial charge in [-0.05, 0) is 36.6 Å². The van der Waals surface area contributed by atoms with E-state index in [2.05, 4.69) is 24.4 Å². The van der Waals surface area contributed by atoms with Crippen molar-refractivity contribution in [1.29, 1.82) is 0 Å². The molecule has 2 aromatic rings. The molecule has 0 saturated carbocycles. The van der Waals surface area contributed by atoms with E-state index in [0.717, 1.165) is 12.1 Å².